The molecule has 0 aliphatic carbocycles. The van der Waals surface area contributed by atoms with Gasteiger partial charge in [-0.2, -0.15) is 11.8 Å². The fourth-order valence-corrected chi connectivity index (χ4v) is 4.06. The number of sulfonamides is 1. The van der Waals surface area contributed by atoms with Crippen molar-refractivity contribution in [3.05, 3.63) is 17.6 Å². The first-order chi connectivity index (χ1) is 9.66. The predicted molar refractivity (Wildman–Crippen MR) is 74.6 cm³/mol. The van der Waals surface area contributed by atoms with Gasteiger partial charge in [-0.25, -0.2) is 18.4 Å². The number of primary sulfonamides is 1. The minimum atomic E-state index is -4.00. The molecule has 8 nitrogen and oxygen atoms in total. The number of nitrogens with two attached hydrogens (primary N) is 1. The maximum Gasteiger partial charge on any atom is 0.330 e. The molecule has 1 aromatic heterocycles. The van der Waals surface area contributed by atoms with E-state index in [1.54, 1.807) is 0 Å². The van der Waals surface area contributed by atoms with Gasteiger partial charge in [-0.05, 0) is 19.1 Å². The lowest BCUT2D eigenvalue weighted by atomic mass is 9.99. The summed E-state index contributed by atoms with van der Waals surface area (Å²) >= 11 is 1.42. The van der Waals surface area contributed by atoms with Crippen molar-refractivity contribution in [2.24, 2.45) is 5.14 Å². The summed E-state index contributed by atoms with van der Waals surface area (Å²) < 4.78 is 27.7. The number of carboxylic acid groups (broad SMARTS) is 1. The normalized spacial score (nSPS) is 22.2. The third-order valence-electron chi connectivity index (χ3n) is 3.19. The minimum Gasteiger partial charge on any atom is -0.479 e. The van der Waals surface area contributed by atoms with E-state index in [0.29, 0.717) is 12.2 Å². The van der Waals surface area contributed by atoms with Gasteiger partial charge in [0, 0.05) is 11.8 Å². The molecular formula is C11H14N2O6S2. The van der Waals surface area contributed by atoms with E-state index in [9.17, 15) is 23.1 Å². The predicted octanol–water partition coefficient (Wildman–Crippen LogP) is -0.0745. The molecule has 0 aromatic carbocycles. The number of hydrogen-bond donors (Lipinski definition) is 3. The molecule has 10 heteroatoms. The number of carbonyl (C=O) groups is 2. The third-order valence-corrected chi connectivity index (χ3v) is 5.39. The highest BCUT2D eigenvalue weighted by atomic mass is 32.2. The topological polar surface area (TPSA) is 140 Å². The average Bonchev–Trinajstić information content (AvgIpc) is 2.95. The Bertz CT molecular complexity index is 688. The molecule has 0 radical (unpaired) electrons. The molecule has 2 rings (SSSR count). The van der Waals surface area contributed by atoms with E-state index < -0.39 is 27.4 Å². The van der Waals surface area contributed by atoms with Crippen LogP contribution in [0.25, 0.3) is 0 Å². The van der Waals surface area contributed by atoms with Crippen LogP contribution in [0.15, 0.2) is 15.4 Å². The molecule has 21 heavy (non-hydrogen) atoms. The van der Waals surface area contributed by atoms with Crippen molar-refractivity contribution in [1.29, 1.82) is 0 Å². The summed E-state index contributed by atoms with van der Waals surface area (Å²) in [7, 11) is -4.00. The Hall–Kier alpha value is -1.52. The molecule has 1 amide bonds. The number of carboxylic acids is 1. The van der Waals surface area contributed by atoms with Crippen LogP contribution in [-0.2, 0) is 14.8 Å². The fourth-order valence-electron chi connectivity index (χ4n) is 2.02. The van der Waals surface area contributed by atoms with E-state index in [1.165, 1.54) is 18.7 Å². The zero-order valence-electron chi connectivity index (χ0n) is 11.1. The first-order valence-electron chi connectivity index (χ1n) is 5.93. The first-order valence-corrected chi connectivity index (χ1v) is 8.63. The summed E-state index contributed by atoms with van der Waals surface area (Å²) in [6.07, 6.45) is 0.292. The Morgan fingerprint density at radius 1 is 1.52 bits per heavy atom. The molecule has 4 N–H and O–H groups in total. The van der Waals surface area contributed by atoms with Gasteiger partial charge in [0.15, 0.2) is 5.76 Å². The van der Waals surface area contributed by atoms with Crippen molar-refractivity contribution in [3.8, 4) is 0 Å². The lowest BCUT2D eigenvalue weighted by molar-refractivity contribution is -0.143. The fraction of sp³-hybridized carbons (Fsp3) is 0.455. The standard InChI is InChI=1S/C11H14N2O6S2/c1-6-8(21(12,17)18)4-7(19-6)9(14)13-11(10(15)16)2-3-20-5-11/h4H,2-3,5H2,1H3,(H,13,14)(H,15,16)(H2,12,17,18). The molecule has 1 aliphatic heterocycles. The van der Waals surface area contributed by atoms with Gasteiger partial charge in [0.1, 0.15) is 16.2 Å². The van der Waals surface area contributed by atoms with E-state index in [1.807, 2.05) is 0 Å². The minimum absolute atomic E-state index is 0.0205. The largest absolute Gasteiger partial charge is 0.479 e. The van der Waals surface area contributed by atoms with Crippen molar-refractivity contribution < 1.29 is 27.5 Å². The van der Waals surface area contributed by atoms with Gasteiger partial charge in [-0.15, -0.1) is 0 Å². The Balaban J connectivity index is 2.27. The van der Waals surface area contributed by atoms with Crippen molar-refractivity contribution in [2.75, 3.05) is 11.5 Å². The van der Waals surface area contributed by atoms with Crippen molar-refractivity contribution in [1.82, 2.24) is 5.32 Å². The number of hydrogen-bond acceptors (Lipinski definition) is 6. The number of furan rings is 1. The van der Waals surface area contributed by atoms with Gasteiger partial charge in [-0.3, -0.25) is 4.79 Å². The molecule has 1 fully saturated rings. The zero-order chi connectivity index (χ0) is 15.8. The number of thioether (sulfide) groups is 1. The smallest absolute Gasteiger partial charge is 0.330 e. The number of aryl methyl sites for hydroxylation is 1. The molecule has 1 atom stereocenters. The number of nitrogens with one attached hydrogen (secondary N) is 1. The monoisotopic (exact) mass is 334 g/mol. The first kappa shape index (κ1) is 15.9. The van der Waals surface area contributed by atoms with E-state index in [4.69, 9.17) is 9.56 Å². The average molecular weight is 334 g/mol. The zero-order valence-corrected chi connectivity index (χ0v) is 12.7. The lowest BCUT2D eigenvalue weighted by Crippen LogP contribution is -2.54. The molecule has 1 unspecified atom stereocenters. The van der Waals surface area contributed by atoms with Gasteiger partial charge in [0.25, 0.3) is 5.91 Å². The Kier molecular flexibility index (Phi) is 4.04. The van der Waals surface area contributed by atoms with Crippen LogP contribution in [0.1, 0.15) is 22.7 Å². The van der Waals surface area contributed by atoms with Crippen molar-refractivity contribution >= 4 is 33.7 Å². The van der Waals surface area contributed by atoms with Crippen LogP contribution in [0, 0.1) is 6.92 Å². The second kappa shape index (κ2) is 5.35. The molecule has 1 aliphatic rings. The maximum atomic E-state index is 12.1. The van der Waals surface area contributed by atoms with Crippen LogP contribution in [0.3, 0.4) is 0 Å². The van der Waals surface area contributed by atoms with Crippen LogP contribution in [0.2, 0.25) is 0 Å². The quantitative estimate of drug-likeness (QED) is 0.700. The maximum absolute atomic E-state index is 12.1. The number of rotatable bonds is 4. The number of carbonyl (C=O) groups excluding carboxylic acids is 1. The summed E-state index contributed by atoms with van der Waals surface area (Å²) in [5.74, 6) is -1.35. The van der Waals surface area contributed by atoms with E-state index >= 15 is 0 Å². The summed E-state index contributed by atoms with van der Waals surface area (Å²) in [4.78, 5) is 23.1. The SMILES string of the molecule is Cc1oc(C(=O)NC2(C(=O)O)CCSC2)cc1S(N)(=O)=O. The van der Waals surface area contributed by atoms with E-state index in [0.717, 1.165) is 6.07 Å². The molecule has 0 bridgehead atoms. The van der Waals surface area contributed by atoms with Gasteiger partial charge in [0.05, 0.1) is 0 Å². The molecular weight excluding hydrogens is 320 g/mol. The number of aliphatic carboxylic acids is 1. The Morgan fingerprint density at radius 2 is 2.19 bits per heavy atom. The lowest BCUT2D eigenvalue weighted by Gasteiger charge is -2.23. The van der Waals surface area contributed by atoms with Gasteiger partial charge >= 0.3 is 5.97 Å². The molecule has 1 saturated heterocycles. The third kappa shape index (κ3) is 3.06. The number of amides is 1. The van der Waals surface area contributed by atoms with E-state index in [2.05, 4.69) is 5.32 Å². The van der Waals surface area contributed by atoms with Gasteiger partial charge in [-0.1, -0.05) is 0 Å². The second-order valence-corrected chi connectivity index (χ2v) is 7.36. The highest BCUT2D eigenvalue weighted by Gasteiger charge is 2.44. The van der Waals surface area contributed by atoms with Crippen molar-refractivity contribution in [3.63, 3.8) is 0 Å². The van der Waals surface area contributed by atoms with Crippen LogP contribution in [-0.4, -0.2) is 42.4 Å². The summed E-state index contributed by atoms with van der Waals surface area (Å²) in [6, 6.07) is 0.998. The summed E-state index contributed by atoms with van der Waals surface area (Å²) in [6.45, 7) is 1.36. The molecule has 0 saturated carbocycles. The molecule has 1 aromatic rings. The van der Waals surface area contributed by atoms with Crippen molar-refractivity contribution in [2.45, 2.75) is 23.8 Å². The highest BCUT2D eigenvalue weighted by molar-refractivity contribution is 7.99. The summed E-state index contributed by atoms with van der Waals surface area (Å²) in [5, 5.41) is 16.7. The van der Waals surface area contributed by atoms with Crippen LogP contribution in [0.5, 0.6) is 0 Å². The summed E-state index contributed by atoms with van der Waals surface area (Å²) in [5.41, 5.74) is -1.36. The van der Waals surface area contributed by atoms with Gasteiger partial charge < -0.3 is 14.8 Å². The Labute approximate surface area is 125 Å². The van der Waals surface area contributed by atoms with Gasteiger partial charge in [0.2, 0.25) is 10.0 Å². The molecule has 0 spiro atoms. The molecule has 2 heterocycles. The van der Waals surface area contributed by atoms with Crippen LogP contribution in [0.4, 0.5) is 0 Å². The Morgan fingerprint density at radius 3 is 2.62 bits per heavy atom. The highest BCUT2D eigenvalue weighted by Crippen LogP contribution is 2.29. The van der Waals surface area contributed by atoms with Crippen LogP contribution < -0.4 is 10.5 Å². The molecule has 116 valence electrons. The van der Waals surface area contributed by atoms with E-state index in [-0.39, 0.29) is 22.2 Å². The second-order valence-electron chi connectivity index (χ2n) is 4.72. The van der Waals surface area contributed by atoms with Crippen LogP contribution >= 0.6 is 11.8 Å².